The lowest BCUT2D eigenvalue weighted by molar-refractivity contribution is -0.135. The Morgan fingerprint density at radius 2 is 1.58 bits per heavy atom. The van der Waals surface area contributed by atoms with Gasteiger partial charge >= 0.3 is 6.09 Å². The molecule has 0 radical (unpaired) electrons. The summed E-state index contributed by atoms with van der Waals surface area (Å²) >= 11 is 0. The number of amides is 3. The van der Waals surface area contributed by atoms with Gasteiger partial charge in [-0.2, -0.15) is 0 Å². The number of benzene rings is 2. The Balaban J connectivity index is 1.50. The highest BCUT2D eigenvalue weighted by molar-refractivity contribution is 5.85. The van der Waals surface area contributed by atoms with Crippen LogP contribution < -0.4 is 10.6 Å². The summed E-state index contributed by atoms with van der Waals surface area (Å²) in [5, 5.41) is 5.66. The number of rotatable bonds is 12. The van der Waals surface area contributed by atoms with E-state index >= 15 is 0 Å². The number of piperidine rings is 1. The number of nitrogens with one attached hydrogen (secondary N) is 2. The van der Waals surface area contributed by atoms with E-state index in [1.54, 1.807) is 0 Å². The van der Waals surface area contributed by atoms with E-state index in [4.69, 9.17) is 4.74 Å². The molecule has 7 nitrogen and oxygen atoms in total. The van der Waals surface area contributed by atoms with Crippen molar-refractivity contribution in [2.24, 2.45) is 5.92 Å². The van der Waals surface area contributed by atoms with Crippen LogP contribution in [-0.2, 0) is 27.4 Å². The van der Waals surface area contributed by atoms with E-state index in [0.717, 1.165) is 31.2 Å². The van der Waals surface area contributed by atoms with E-state index < -0.39 is 12.1 Å². The summed E-state index contributed by atoms with van der Waals surface area (Å²) in [5.41, 5.74) is 2.22. The molecule has 0 saturated carbocycles. The van der Waals surface area contributed by atoms with E-state index in [9.17, 15) is 14.4 Å². The lowest BCUT2D eigenvalue weighted by atomic mass is 9.90. The minimum absolute atomic E-state index is 0.0172. The maximum absolute atomic E-state index is 13.4. The van der Waals surface area contributed by atoms with Crippen molar-refractivity contribution in [2.75, 3.05) is 19.6 Å². The first-order valence-corrected chi connectivity index (χ1v) is 13.1. The predicted octanol–water partition coefficient (Wildman–Crippen LogP) is 4.46. The van der Waals surface area contributed by atoms with Crippen LogP contribution >= 0.6 is 0 Å². The fourth-order valence-electron chi connectivity index (χ4n) is 4.52. The zero-order chi connectivity index (χ0) is 25.6. The van der Waals surface area contributed by atoms with Crippen LogP contribution in [-0.4, -0.2) is 48.5 Å². The molecular weight excluding hydrogens is 454 g/mol. The van der Waals surface area contributed by atoms with Crippen molar-refractivity contribution < 1.29 is 19.1 Å². The van der Waals surface area contributed by atoms with Gasteiger partial charge < -0.3 is 20.3 Å². The number of unbranched alkanes of at least 4 members (excludes halogenated alkanes) is 1. The Morgan fingerprint density at radius 3 is 2.22 bits per heavy atom. The van der Waals surface area contributed by atoms with E-state index in [-0.39, 0.29) is 18.4 Å². The molecule has 1 aliphatic rings. The van der Waals surface area contributed by atoms with Crippen LogP contribution in [0.5, 0.6) is 0 Å². The molecule has 1 heterocycles. The Morgan fingerprint density at radius 1 is 0.944 bits per heavy atom. The van der Waals surface area contributed by atoms with Gasteiger partial charge in [0.25, 0.3) is 0 Å². The first kappa shape index (κ1) is 27.2. The predicted molar refractivity (Wildman–Crippen MR) is 140 cm³/mol. The number of hydrogen-bond donors (Lipinski definition) is 2. The molecule has 1 aliphatic heterocycles. The zero-order valence-electron chi connectivity index (χ0n) is 21.3. The topological polar surface area (TPSA) is 87.7 Å². The number of ether oxygens (including phenoxy) is 1. The molecule has 1 saturated heterocycles. The molecule has 0 aliphatic carbocycles. The molecule has 3 amide bonds. The summed E-state index contributed by atoms with van der Waals surface area (Å²) in [7, 11) is 0. The Labute approximate surface area is 214 Å². The average Bonchev–Trinajstić information content (AvgIpc) is 2.92. The first-order chi connectivity index (χ1) is 17.5. The Hall–Kier alpha value is -3.35. The number of likely N-dealkylation sites (tertiary alicyclic amines) is 1. The van der Waals surface area contributed by atoms with Gasteiger partial charge in [-0.3, -0.25) is 9.59 Å². The molecule has 194 valence electrons. The monoisotopic (exact) mass is 493 g/mol. The van der Waals surface area contributed by atoms with Crippen LogP contribution in [0.2, 0.25) is 0 Å². The number of carbonyl (C=O) groups is 3. The second-order valence-electron chi connectivity index (χ2n) is 9.42. The van der Waals surface area contributed by atoms with Crippen LogP contribution in [0.1, 0.15) is 56.6 Å². The van der Waals surface area contributed by atoms with Crippen molar-refractivity contribution in [3.05, 3.63) is 71.8 Å². The smallest absolute Gasteiger partial charge is 0.408 e. The molecule has 2 N–H and O–H groups in total. The fourth-order valence-corrected chi connectivity index (χ4v) is 4.52. The first-order valence-electron chi connectivity index (χ1n) is 13.1. The second kappa shape index (κ2) is 14.9. The average molecular weight is 494 g/mol. The molecule has 0 bridgehead atoms. The van der Waals surface area contributed by atoms with Crippen LogP contribution in [0.4, 0.5) is 4.79 Å². The van der Waals surface area contributed by atoms with Gasteiger partial charge in [-0.05, 0) is 55.6 Å². The molecule has 1 fully saturated rings. The highest BCUT2D eigenvalue weighted by Gasteiger charge is 2.29. The molecule has 0 spiro atoms. The maximum Gasteiger partial charge on any atom is 0.408 e. The molecule has 2 aromatic rings. The van der Waals surface area contributed by atoms with Gasteiger partial charge in [0.1, 0.15) is 12.6 Å². The lowest BCUT2D eigenvalue weighted by Crippen LogP contribution is -2.51. The summed E-state index contributed by atoms with van der Waals surface area (Å²) in [6, 6.07) is 19.3. The van der Waals surface area contributed by atoms with Crippen LogP contribution in [0, 0.1) is 5.92 Å². The van der Waals surface area contributed by atoms with Gasteiger partial charge in [-0.1, -0.05) is 67.6 Å². The molecule has 3 rings (SSSR count). The number of hydrogen-bond acceptors (Lipinski definition) is 4. The van der Waals surface area contributed by atoms with Gasteiger partial charge in [-0.15, -0.1) is 0 Å². The molecule has 1 unspecified atom stereocenters. The Bertz CT molecular complexity index is 944. The Kier molecular flexibility index (Phi) is 11.3. The summed E-state index contributed by atoms with van der Waals surface area (Å²) < 4.78 is 5.38. The van der Waals surface area contributed by atoms with E-state index in [1.807, 2.05) is 48.2 Å². The normalized spacial score (nSPS) is 14.6. The second-order valence-corrected chi connectivity index (χ2v) is 9.42. The summed E-state index contributed by atoms with van der Waals surface area (Å²) in [6.07, 6.45) is 4.76. The van der Waals surface area contributed by atoms with Crippen molar-refractivity contribution in [2.45, 2.75) is 64.5 Å². The number of carbonyl (C=O) groups excluding carboxylic acids is 3. The molecule has 7 heteroatoms. The minimum atomic E-state index is -0.638. The van der Waals surface area contributed by atoms with Crippen LogP contribution in [0.3, 0.4) is 0 Å². The third kappa shape index (κ3) is 9.36. The third-order valence-electron chi connectivity index (χ3n) is 6.66. The SMILES string of the molecule is CCC(=O)NCCCCC(NC(=O)OCc1ccccc1)C(=O)N1CCC(Cc2ccccc2)CC1. The number of alkyl carbamates (subject to hydrolysis) is 1. The summed E-state index contributed by atoms with van der Waals surface area (Å²) in [4.78, 5) is 39.2. The van der Waals surface area contributed by atoms with Crippen molar-refractivity contribution in [3.63, 3.8) is 0 Å². The molecule has 2 aromatic carbocycles. The number of nitrogens with zero attached hydrogens (tertiary/aromatic N) is 1. The van der Waals surface area contributed by atoms with Gasteiger partial charge in [0.05, 0.1) is 0 Å². The lowest BCUT2D eigenvalue weighted by Gasteiger charge is -2.34. The highest BCUT2D eigenvalue weighted by Crippen LogP contribution is 2.22. The van der Waals surface area contributed by atoms with Gasteiger partial charge in [0, 0.05) is 26.1 Å². The zero-order valence-corrected chi connectivity index (χ0v) is 21.3. The van der Waals surface area contributed by atoms with E-state index in [1.165, 1.54) is 5.56 Å². The summed E-state index contributed by atoms with van der Waals surface area (Å²) in [5.74, 6) is 0.520. The maximum atomic E-state index is 13.4. The molecule has 36 heavy (non-hydrogen) atoms. The quantitative estimate of drug-likeness (QED) is 0.428. The van der Waals surface area contributed by atoms with Crippen molar-refractivity contribution >= 4 is 17.9 Å². The van der Waals surface area contributed by atoms with Crippen molar-refractivity contribution in [1.29, 1.82) is 0 Å². The van der Waals surface area contributed by atoms with Crippen LogP contribution in [0.25, 0.3) is 0 Å². The highest BCUT2D eigenvalue weighted by atomic mass is 16.5. The van der Waals surface area contributed by atoms with Gasteiger partial charge in [-0.25, -0.2) is 4.79 Å². The largest absolute Gasteiger partial charge is 0.445 e. The van der Waals surface area contributed by atoms with Crippen molar-refractivity contribution in [1.82, 2.24) is 15.5 Å². The fraction of sp³-hybridized carbons (Fsp3) is 0.483. The summed E-state index contributed by atoms with van der Waals surface area (Å²) in [6.45, 7) is 3.93. The molecular formula is C29H39N3O4. The molecule has 1 atom stereocenters. The third-order valence-corrected chi connectivity index (χ3v) is 6.66. The van der Waals surface area contributed by atoms with E-state index in [2.05, 4.69) is 34.9 Å². The van der Waals surface area contributed by atoms with Gasteiger partial charge in [0.2, 0.25) is 11.8 Å². The van der Waals surface area contributed by atoms with Gasteiger partial charge in [0.15, 0.2) is 0 Å². The van der Waals surface area contributed by atoms with Crippen LogP contribution in [0.15, 0.2) is 60.7 Å². The standard InChI is InChI=1S/C29H39N3O4/c1-2-27(33)30-18-10-9-15-26(31-29(35)36-22-25-13-7-4-8-14-25)28(34)32-19-16-24(17-20-32)21-23-11-5-3-6-12-23/h3-8,11-14,24,26H,2,9-10,15-22H2,1H3,(H,30,33)(H,31,35). The molecule has 0 aromatic heterocycles. The van der Waals surface area contributed by atoms with E-state index in [0.29, 0.717) is 44.8 Å². The minimum Gasteiger partial charge on any atom is -0.445 e. The van der Waals surface area contributed by atoms with Crippen molar-refractivity contribution in [3.8, 4) is 0 Å².